The number of carbonyl (C=O) groups is 1. The van der Waals surface area contributed by atoms with Gasteiger partial charge in [-0.05, 0) is 70.2 Å². The zero-order chi connectivity index (χ0) is 27.6. The van der Waals surface area contributed by atoms with E-state index in [1.54, 1.807) is 29.1 Å². The molecule has 13 heteroatoms. The molecule has 9 nitrogen and oxygen atoms in total. The second-order valence-electron chi connectivity index (χ2n) is 11.1. The molecular weight excluding hydrogens is 519 g/mol. The van der Waals surface area contributed by atoms with E-state index in [9.17, 15) is 18.0 Å². The van der Waals surface area contributed by atoms with Gasteiger partial charge in [-0.25, -0.2) is 4.98 Å². The van der Waals surface area contributed by atoms with Crippen molar-refractivity contribution in [2.75, 3.05) is 23.1 Å². The minimum Gasteiger partial charge on any atom is -0.355 e. The van der Waals surface area contributed by atoms with E-state index in [1.165, 1.54) is 17.0 Å². The Labute approximate surface area is 224 Å². The van der Waals surface area contributed by atoms with Gasteiger partial charge in [-0.2, -0.15) is 23.3 Å². The number of halogens is 3. The highest BCUT2D eigenvalue weighted by atomic mass is 32.2. The summed E-state index contributed by atoms with van der Waals surface area (Å²) in [5.74, 6) is 0.725. The lowest BCUT2D eigenvalue weighted by Crippen LogP contribution is -2.60. The first kappa shape index (κ1) is 26.8. The zero-order valence-corrected chi connectivity index (χ0v) is 23.0. The van der Waals surface area contributed by atoms with E-state index < -0.39 is 24.6 Å². The van der Waals surface area contributed by atoms with Gasteiger partial charge in [0.25, 0.3) is 5.91 Å². The Morgan fingerprint density at radius 2 is 2.00 bits per heavy atom. The number of hydrogen-bond donors (Lipinski definition) is 1. The maximum Gasteiger partial charge on any atom is 0.410 e. The largest absolute Gasteiger partial charge is 0.410 e. The van der Waals surface area contributed by atoms with Gasteiger partial charge in [0.05, 0.1) is 22.8 Å². The Kier molecular flexibility index (Phi) is 6.47. The Bertz CT molecular complexity index is 1280. The van der Waals surface area contributed by atoms with E-state index in [0.29, 0.717) is 23.8 Å². The Morgan fingerprint density at radius 3 is 2.61 bits per heavy atom. The van der Waals surface area contributed by atoms with Crippen molar-refractivity contribution in [1.29, 1.82) is 0 Å². The molecular formula is C25H32F3N7O2S. The van der Waals surface area contributed by atoms with Crippen LogP contribution >= 0.6 is 11.9 Å². The summed E-state index contributed by atoms with van der Waals surface area (Å²) in [5.41, 5.74) is -1.38. The van der Waals surface area contributed by atoms with E-state index in [2.05, 4.69) is 35.5 Å². The predicted molar refractivity (Wildman–Crippen MR) is 138 cm³/mol. The number of pyridine rings is 1. The highest BCUT2D eigenvalue weighted by Gasteiger charge is 2.63. The summed E-state index contributed by atoms with van der Waals surface area (Å²) >= 11 is 1.17. The van der Waals surface area contributed by atoms with Crippen LogP contribution in [0.1, 0.15) is 50.2 Å². The standard InChI is InChI=1S/C25H32F3N7O2S/c1-15-11-23(3,4)33(12-15)21-17(22(36)31-38-18-13-32(6)30-16(18)2)7-8-19(29-21)34-10-9-20-35(34)24(5,14-37-20)25(26,27)28/h7-10,13,15,20H,11-12,14H2,1-6H3,(H,31,36). The topological polar surface area (TPSA) is 78.8 Å². The summed E-state index contributed by atoms with van der Waals surface area (Å²) in [7, 11) is 1.81. The molecule has 0 aliphatic carbocycles. The monoisotopic (exact) mass is 551 g/mol. The molecule has 0 saturated carbocycles. The average Bonchev–Trinajstić information content (AvgIpc) is 3.55. The highest BCUT2D eigenvalue weighted by molar-refractivity contribution is 7.98. The van der Waals surface area contributed by atoms with Crippen molar-refractivity contribution in [3.8, 4) is 0 Å². The average molecular weight is 552 g/mol. The van der Waals surface area contributed by atoms with Crippen LogP contribution in [0.15, 0.2) is 35.5 Å². The summed E-state index contributed by atoms with van der Waals surface area (Å²) in [4.78, 5) is 21.1. The summed E-state index contributed by atoms with van der Waals surface area (Å²) in [6, 6.07) is 3.21. The number of hydrogen-bond acceptors (Lipinski definition) is 8. The number of rotatable bonds is 5. The molecule has 3 atom stereocenters. The van der Waals surface area contributed by atoms with E-state index in [0.717, 1.165) is 28.9 Å². The van der Waals surface area contributed by atoms with Crippen molar-refractivity contribution in [3.63, 3.8) is 0 Å². The van der Waals surface area contributed by atoms with Gasteiger partial charge in [0.1, 0.15) is 17.9 Å². The van der Waals surface area contributed by atoms with Crippen molar-refractivity contribution in [2.24, 2.45) is 13.0 Å². The van der Waals surface area contributed by atoms with Gasteiger partial charge in [-0.3, -0.25) is 19.2 Å². The van der Waals surface area contributed by atoms with E-state index in [1.807, 2.05) is 20.2 Å². The molecule has 0 spiro atoms. The third kappa shape index (κ3) is 4.43. The third-order valence-electron chi connectivity index (χ3n) is 7.41. The minimum atomic E-state index is -4.53. The number of aryl methyl sites for hydroxylation is 2. The zero-order valence-electron chi connectivity index (χ0n) is 22.2. The van der Waals surface area contributed by atoms with Crippen molar-refractivity contribution < 1.29 is 22.7 Å². The summed E-state index contributed by atoms with van der Waals surface area (Å²) < 4.78 is 52.3. The lowest BCUT2D eigenvalue weighted by molar-refractivity contribution is -0.215. The van der Waals surface area contributed by atoms with Crippen LogP contribution in [0.3, 0.4) is 0 Å². The van der Waals surface area contributed by atoms with Crippen LogP contribution in [0, 0.1) is 12.8 Å². The first-order valence-corrected chi connectivity index (χ1v) is 13.2. The third-order valence-corrected chi connectivity index (χ3v) is 8.32. The Morgan fingerprint density at radius 1 is 1.26 bits per heavy atom. The normalized spacial score (nSPS) is 26.9. The number of alkyl halides is 3. The van der Waals surface area contributed by atoms with Crippen LogP contribution in [0.4, 0.5) is 24.8 Å². The maximum atomic E-state index is 14.1. The molecule has 1 amide bonds. The van der Waals surface area contributed by atoms with E-state index in [-0.39, 0.29) is 17.3 Å². The van der Waals surface area contributed by atoms with E-state index >= 15 is 0 Å². The first-order valence-electron chi connectivity index (χ1n) is 12.4. The SMILES string of the molecule is Cc1nn(C)cc1SNC(=O)c1ccc(N2C=CC3OCC(C)(C(F)(F)F)N32)nc1N1CC(C)CC1(C)C. The van der Waals surface area contributed by atoms with E-state index in [4.69, 9.17) is 9.72 Å². The molecule has 2 aromatic rings. The van der Waals surface area contributed by atoms with Gasteiger partial charge < -0.3 is 9.64 Å². The lowest BCUT2D eigenvalue weighted by Gasteiger charge is -2.40. The van der Waals surface area contributed by atoms with Crippen molar-refractivity contribution in [2.45, 2.75) is 69.4 Å². The van der Waals surface area contributed by atoms with Gasteiger partial charge >= 0.3 is 6.18 Å². The van der Waals surface area contributed by atoms with Crippen molar-refractivity contribution in [1.82, 2.24) is 24.5 Å². The molecule has 0 bridgehead atoms. The summed E-state index contributed by atoms with van der Waals surface area (Å²) in [5, 5.41) is 6.85. The van der Waals surface area contributed by atoms with Gasteiger partial charge in [0.2, 0.25) is 0 Å². The van der Waals surface area contributed by atoms with Gasteiger partial charge in [0.15, 0.2) is 5.54 Å². The van der Waals surface area contributed by atoms with Crippen LogP contribution in [0.2, 0.25) is 0 Å². The van der Waals surface area contributed by atoms with Crippen molar-refractivity contribution >= 4 is 29.5 Å². The number of anilines is 2. The molecule has 0 radical (unpaired) electrons. The lowest BCUT2D eigenvalue weighted by atomic mass is 9.97. The highest BCUT2D eigenvalue weighted by Crippen LogP contribution is 2.46. The molecule has 3 unspecified atom stereocenters. The smallest absolute Gasteiger partial charge is 0.355 e. The quantitative estimate of drug-likeness (QED) is 0.548. The van der Waals surface area contributed by atoms with Gasteiger partial charge in [-0.15, -0.1) is 0 Å². The molecule has 1 N–H and O–H groups in total. The summed E-state index contributed by atoms with van der Waals surface area (Å²) in [6.07, 6.45) is 0.452. The fourth-order valence-corrected chi connectivity index (χ4v) is 6.24. The number of ether oxygens (including phenoxy) is 1. The van der Waals surface area contributed by atoms with Gasteiger partial charge in [-0.1, -0.05) is 6.92 Å². The molecule has 3 aliphatic heterocycles. The van der Waals surface area contributed by atoms with Crippen LogP contribution < -0.4 is 14.6 Å². The summed E-state index contributed by atoms with van der Waals surface area (Å²) in [6.45, 7) is 9.47. The second kappa shape index (κ2) is 9.16. The molecule has 3 aliphatic rings. The molecule has 5 rings (SSSR count). The second-order valence-corrected chi connectivity index (χ2v) is 11.9. The molecule has 206 valence electrons. The number of nitrogens with one attached hydrogen (secondary N) is 1. The van der Waals surface area contributed by atoms with Gasteiger partial charge in [0, 0.05) is 31.5 Å². The molecule has 38 heavy (non-hydrogen) atoms. The minimum absolute atomic E-state index is 0.280. The van der Waals surface area contributed by atoms with Crippen LogP contribution in [-0.2, 0) is 11.8 Å². The first-order chi connectivity index (χ1) is 17.7. The number of amides is 1. The Hall–Kier alpha value is -2.77. The molecule has 0 aromatic carbocycles. The van der Waals surface area contributed by atoms with Crippen LogP contribution in [0.25, 0.3) is 0 Å². The number of fused-ring (bicyclic) bond motifs is 1. The molecule has 5 heterocycles. The number of nitrogens with zero attached hydrogens (tertiary/aromatic N) is 6. The Balaban J connectivity index is 1.51. The van der Waals surface area contributed by atoms with Crippen LogP contribution in [-0.4, -0.2) is 62.3 Å². The molecule has 2 fully saturated rings. The molecule has 2 saturated heterocycles. The predicted octanol–water partition coefficient (Wildman–Crippen LogP) is 4.41. The number of aromatic nitrogens is 3. The number of hydrazine groups is 1. The van der Waals surface area contributed by atoms with Crippen LogP contribution in [0.5, 0.6) is 0 Å². The fourth-order valence-electron chi connectivity index (χ4n) is 5.53. The number of carbonyl (C=O) groups excluding carboxylic acids is 1. The molecule has 2 aromatic heterocycles. The van der Waals surface area contributed by atoms with Crippen molar-refractivity contribution in [3.05, 3.63) is 41.9 Å². The maximum absolute atomic E-state index is 14.1. The fraction of sp³-hybridized carbons (Fsp3) is 0.560.